The van der Waals surface area contributed by atoms with Crippen molar-refractivity contribution in [3.63, 3.8) is 0 Å². The van der Waals surface area contributed by atoms with Gasteiger partial charge in [0, 0.05) is 25.0 Å². The molecule has 0 bridgehead atoms. The fraction of sp³-hybridized carbons (Fsp3) is 0.400. The first-order chi connectivity index (χ1) is 5.74. The number of anilines is 1. The molecule has 0 aliphatic heterocycles. The van der Waals surface area contributed by atoms with Crippen LogP contribution in [0.4, 0.5) is 5.69 Å². The van der Waals surface area contributed by atoms with Gasteiger partial charge in [-0.3, -0.25) is 0 Å². The molecule has 0 spiro atoms. The molecular formula is C10H15NS. The van der Waals surface area contributed by atoms with E-state index in [1.807, 2.05) is 0 Å². The van der Waals surface area contributed by atoms with Crippen molar-refractivity contribution in [2.75, 3.05) is 24.2 Å². The second-order valence-electron chi connectivity index (χ2n) is 2.98. The summed E-state index contributed by atoms with van der Waals surface area (Å²) >= 11 is 4.19. The first-order valence-corrected chi connectivity index (χ1v) is 4.76. The Hall–Kier alpha value is -0.630. The van der Waals surface area contributed by atoms with Gasteiger partial charge in [-0.1, -0.05) is 17.7 Å². The summed E-state index contributed by atoms with van der Waals surface area (Å²) in [6, 6.07) is 8.53. The van der Waals surface area contributed by atoms with Crippen LogP contribution >= 0.6 is 12.6 Å². The molecule has 1 aromatic rings. The summed E-state index contributed by atoms with van der Waals surface area (Å²) in [6.45, 7) is 3.09. The molecule has 2 heteroatoms. The van der Waals surface area contributed by atoms with Crippen LogP contribution in [0.2, 0.25) is 0 Å². The number of rotatable bonds is 3. The number of aryl methyl sites for hydroxylation is 1. The minimum absolute atomic E-state index is 0.893. The summed E-state index contributed by atoms with van der Waals surface area (Å²) in [4.78, 5) is 2.20. The molecule has 0 heterocycles. The molecule has 1 nitrogen and oxygen atoms in total. The predicted octanol–water partition coefficient (Wildman–Crippen LogP) is 2.36. The molecule has 0 aromatic heterocycles. The zero-order valence-electron chi connectivity index (χ0n) is 7.62. The molecule has 0 saturated heterocycles. The molecule has 0 fully saturated rings. The van der Waals surface area contributed by atoms with E-state index in [0.29, 0.717) is 0 Å². The standard InChI is InChI=1S/C10H15NS/c1-9-3-5-10(6-4-9)11(2)7-8-12/h3-6,12H,7-8H2,1-2H3. The van der Waals surface area contributed by atoms with Gasteiger partial charge in [0.15, 0.2) is 0 Å². The van der Waals surface area contributed by atoms with Gasteiger partial charge in [0.2, 0.25) is 0 Å². The Bertz CT molecular complexity index is 230. The molecular weight excluding hydrogens is 166 g/mol. The Morgan fingerprint density at radius 3 is 2.33 bits per heavy atom. The van der Waals surface area contributed by atoms with Crippen LogP contribution in [0.3, 0.4) is 0 Å². The average molecular weight is 181 g/mol. The van der Waals surface area contributed by atoms with E-state index in [-0.39, 0.29) is 0 Å². The molecule has 0 amide bonds. The molecule has 66 valence electrons. The number of thiol groups is 1. The van der Waals surface area contributed by atoms with Crippen LogP contribution in [-0.2, 0) is 0 Å². The number of nitrogens with zero attached hydrogens (tertiary/aromatic N) is 1. The monoisotopic (exact) mass is 181 g/mol. The Morgan fingerprint density at radius 2 is 1.83 bits per heavy atom. The van der Waals surface area contributed by atoms with Crippen molar-refractivity contribution in [3.05, 3.63) is 29.8 Å². The van der Waals surface area contributed by atoms with Crippen LogP contribution in [0.25, 0.3) is 0 Å². The van der Waals surface area contributed by atoms with Crippen molar-refractivity contribution < 1.29 is 0 Å². The lowest BCUT2D eigenvalue weighted by Crippen LogP contribution is -2.19. The van der Waals surface area contributed by atoms with Gasteiger partial charge < -0.3 is 4.90 Å². The smallest absolute Gasteiger partial charge is 0.0364 e. The lowest BCUT2D eigenvalue weighted by molar-refractivity contribution is 0.979. The fourth-order valence-corrected chi connectivity index (χ4v) is 1.38. The van der Waals surface area contributed by atoms with Crippen molar-refractivity contribution in [2.24, 2.45) is 0 Å². The Morgan fingerprint density at radius 1 is 1.25 bits per heavy atom. The van der Waals surface area contributed by atoms with Crippen molar-refractivity contribution in [1.29, 1.82) is 0 Å². The number of hydrogen-bond donors (Lipinski definition) is 1. The maximum atomic E-state index is 4.19. The highest BCUT2D eigenvalue weighted by atomic mass is 32.1. The number of benzene rings is 1. The largest absolute Gasteiger partial charge is 0.374 e. The molecule has 0 N–H and O–H groups in total. The topological polar surface area (TPSA) is 3.24 Å². The van der Waals surface area contributed by atoms with Gasteiger partial charge in [-0.15, -0.1) is 0 Å². The maximum absolute atomic E-state index is 4.19. The molecule has 0 aliphatic rings. The van der Waals surface area contributed by atoms with Crippen LogP contribution < -0.4 is 4.90 Å². The van der Waals surface area contributed by atoms with Crippen LogP contribution in [0.15, 0.2) is 24.3 Å². The molecule has 0 radical (unpaired) electrons. The van der Waals surface area contributed by atoms with Crippen LogP contribution in [0.1, 0.15) is 5.56 Å². The highest BCUT2D eigenvalue weighted by molar-refractivity contribution is 7.80. The number of hydrogen-bond acceptors (Lipinski definition) is 2. The second-order valence-corrected chi connectivity index (χ2v) is 3.43. The van der Waals surface area contributed by atoms with Gasteiger partial charge in [-0.25, -0.2) is 0 Å². The first-order valence-electron chi connectivity index (χ1n) is 4.12. The second kappa shape index (κ2) is 4.41. The Kier molecular flexibility index (Phi) is 3.48. The molecule has 12 heavy (non-hydrogen) atoms. The van der Waals surface area contributed by atoms with Crippen molar-refractivity contribution >= 4 is 18.3 Å². The fourth-order valence-electron chi connectivity index (χ4n) is 1.08. The van der Waals surface area contributed by atoms with Crippen LogP contribution in [-0.4, -0.2) is 19.3 Å². The molecule has 0 atom stereocenters. The van der Waals surface area contributed by atoms with E-state index in [0.717, 1.165) is 12.3 Å². The third kappa shape index (κ3) is 2.45. The third-order valence-electron chi connectivity index (χ3n) is 1.91. The van der Waals surface area contributed by atoms with Crippen molar-refractivity contribution in [1.82, 2.24) is 0 Å². The minimum atomic E-state index is 0.893. The van der Waals surface area contributed by atoms with Crippen LogP contribution in [0, 0.1) is 6.92 Å². The average Bonchev–Trinajstić information content (AvgIpc) is 2.06. The first kappa shape index (κ1) is 9.46. The Labute approximate surface area is 79.8 Å². The highest BCUT2D eigenvalue weighted by Crippen LogP contribution is 2.12. The third-order valence-corrected chi connectivity index (χ3v) is 2.11. The van der Waals surface area contributed by atoms with Gasteiger partial charge in [-0.05, 0) is 19.1 Å². The van der Waals surface area contributed by atoms with Crippen molar-refractivity contribution in [3.8, 4) is 0 Å². The zero-order valence-corrected chi connectivity index (χ0v) is 8.51. The van der Waals surface area contributed by atoms with E-state index in [9.17, 15) is 0 Å². The molecule has 1 rings (SSSR count). The van der Waals surface area contributed by atoms with E-state index in [4.69, 9.17) is 0 Å². The van der Waals surface area contributed by atoms with Crippen molar-refractivity contribution in [2.45, 2.75) is 6.92 Å². The van der Waals surface area contributed by atoms with Gasteiger partial charge >= 0.3 is 0 Å². The van der Waals surface area contributed by atoms with Gasteiger partial charge in [0.05, 0.1) is 0 Å². The lowest BCUT2D eigenvalue weighted by atomic mass is 10.2. The zero-order chi connectivity index (χ0) is 8.97. The Balaban J connectivity index is 2.68. The minimum Gasteiger partial charge on any atom is -0.374 e. The van der Waals surface area contributed by atoms with Crippen LogP contribution in [0.5, 0.6) is 0 Å². The normalized spacial score (nSPS) is 9.92. The highest BCUT2D eigenvalue weighted by Gasteiger charge is 1.97. The molecule has 0 aliphatic carbocycles. The van der Waals surface area contributed by atoms with E-state index >= 15 is 0 Å². The SMILES string of the molecule is Cc1ccc(N(C)CCS)cc1. The predicted molar refractivity (Wildman–Crippen MR) is 58.3 cm³/mol. The van der Waals surface area contributed by atoms with E-state index < -0.39 is 0 Å². The summed E-state index contributed by atoms with van der Waals surface area (Å²) in [5, 5.41) is 0. The maximum Gasteiger partial charge on any atom is 0.0364 e. The van der Waals surface area contributed by atoms with Gasteiger partial charge in [0.25, 0.3) is 0 Å². The summed E-state index contributed by atoms with van der Waals surface area (Å²) in [5.74, 6) is 0.893. The van der Waals surface area contributed by atoms with E-state index in [1.165, 1.54) is 11.3 Å². The van der Waals surface area contributed by atoms with E-state index in [2.05, 4.69) is 55.8 Å². The quantitative estimate of drug-likeness (QED) is 0.701. The van der Waals surface area contributed by atoms with Gasteiger partial charge in [-0.2, -0.15) is 12.6 Å². The summed E-state index contributed by atoms with van der Waals surface area (Å²) in [5.41, 5.74) is 2.56. The molecule has 0 unspecified atom stereocenters. The summed E-state index contributed by atoms with van der Waals surface area (Å²) in [7, 11) is 2.08. The lowest BCUT2D eigenvalue weighted by Gasteiger charge is -2.17. The summed E-state index contributed by atoms with van der Waals surface area (Å²) in [6.07, 6.45) is 0. The summed E-state index contributed by atoms with van der Waals surface area (Å²) < 4.78 is 0. The molecule has 1 aromatic carbocycles. The van der Waals surface area contributed by atoms with Gasteiger partial charge in [0.1, 0.15) is 0 Å². The van der Waals surface area contributed by atoms with E-state index in [1.54, 1.807) is 0 Å². The molecule has 0 saturated carbocycles.